The van der Waals surface area contributed by atoms with Gasteiger partial charge in [0.1, 0.15) is 6.61 Å². The van der Waals surface area contributed by atoms with Crippen LogP contribution in [-0.4, -0.2) is 54.4 Å². The summed E-state index contributed by atoms with van der Waals surface area (Å²) in [4.78, 5) is 23.9. The summed E-state index contributed by atoms with van der Waals surface area (Å²) in [6.45, 7) is 5.74. The molecule has 6 heteroatoms. The maximum atomic E-state index is 11.3. The number of aliphatic carboxylic acids is 1. The molecular formula is C12H20N2O4. The SMILES string of the molecule is C=CCOC(=O)NC1CCCN(CCC(=O)O)C1. The Hall–Kier alpha value is -1.56. The van der Waals surface area contributed by atoms with Crippen molar-refractivity contribution in [1.82, 2.24) is 10.2 Å². The van der Waals surface area contributed by atoms with Gasteiger partial charge >= 0.3 is 12.1 Å². The van der Waals surface area contributed by atoms with E-state index in [0.717, 1.165) is 19.4 Å². The van der Waals surface area contributed by atoms with Gasteiger partial charge in [0.15, 0.2) is 0 Å². The molecule has 1 saturated heterocycles. The highest BCUT2D eigenvalue weighted by Crippen LogP contribution is 2.10. The molecule has 0 aromatic carbocycles. The van der Waals surface area contributed by atoms with Crippen molar-refractivity contribution in [3.8, 4) is 0 Å². The predicted octanol–water partition coefficient (Wildman–Crippen LogP) is 0.838. The average molecular weight is 256 g/mol. The summed E-state index contributed by atoms with van der Waals surface area (Å²) in [7, 11) is 0. The third kappa shape index (κ3) is 5.67. The Balaban J connectivity index is 2.27. The highest BCUT2D eigenvalue weighted by Gasteiger charge is 2.21. The summed E-state index contributed by atoms with van der Waals surface area (Å²) >= 11 is 0. The van der Waals surface area contributed by atoms with E-state index in [2.05, 4.69) is 16.8 Å². The Morgan fingerprint density at radius 3 is 3.00 bits per heavy atom. The molecule has 18 heavy (non-hydrogen) atoms. The first-order valence-electron chi connectivity index (χ1n) is 6.10. The first kappa shape index (κ1) is 14.5. The van der Waals surface area contributed by atoms with Crippen LogP contribution in [0.1, 0.15) is 19.3 Å². The third-order valence-electron chi connectivity index (χ3n) is 2.80. The molecule has 0 aliphatic carbocycles. The lowest BCUT2D eigenvalue weighted by Gasteiger charge is -2.32. The molecule has 1 heterocycles. The van der Waals surface area contributed by atoms with Crippen molar-refractivity contribution in [1.29, 1.82) is 0 Å². The highest BCUT2D eigenvalue weighted by molar-refractivity contribution is 5.67. The van der Waals surface area contributed by atoms with Crippen LogP contribution >= 0.6 is 0 Å². The molecule has 1 aliphatic heterocycles. The smallest absolute Gasteiger partial charge is 0.407 e. The van der Waals surface area contributed by atoms with Gasteiger partial charge < -0.3 is 20.1 Å². The molecule has 0 saturated carbocycles. The molecule has 0 spiro atoms. The van der Waals surface area contributed by atoms with Gasteiger partial charge in [-0.3, -0.25) is 4.79 Å². The van der Waals surface area contributed by atoms with Crippen molar-refractivity contribution in [3.05, 3.63) is 12.7 Å². The van der Waals surface area contributed by atoms with Gasteiger partial charge in [-0.05, 0) is 19.4 Å². The number of nitrogens with zero attached hydrogens (tertiary/aromatic N) is 1. The fourth-order valence-corrected chi connectivity index (χ4v) is 1.97. The van der Waals surface area contributed by atoms with E-state index in [1.54, 1.807) is 0 Å². The summed E-state index contributed by atoms with van der Waals surface area (Å²) in [6, 6.07) is 0.0323. The van der Waals surface area contributed by atoms with Crippen molar-refractivity contribution in [3.63, 3.8) is 0 Å². The van der Waals surface area contributed by atoms with Crippen LogP contribution in [0.2, 0.25) is 0 Å². The Morgan fingerprint density at radius 1 is 1.56 bits per heavy atom. The highest BCUT2D eigenvalue weighted by atomic mass is 16.5. The number of alkyl carbamates (subject to hydrolysis) is 1. The lowest BCUT2D eigenvalue weighted by atomic mass is 10.1. The van der Waals surface area contributed by atoms with E-state index in [9.17, 15) is 9.59 Å². The summed E-state index contributed by atoms with van der Waals surface area (Å²) in [6.07, 6.45) is 3.05. The minimum Gasteiger partial charge on any atom is -0.481 e. The number of carbonyl (C=O) groups excluding carboxylic acids is 1. The molecule has 1 unspecified atom stereocenters. The second kappa shape index (κ2) is 7.71. The van der Waals surface area contributed by atoms with Gasteiger partial charge in [0, 0.05) is 19.1 Å². The van der Waals surface area contributed by atoms with Crippen LogP contribution in [0.3, 0.4) is 0 Å². The molecule has 1 fully saturated rings. The van der Waals surface area contributed by atoms with Crippen molar-refractivity contribution < 1.29 is 19.4 Å². The Bertz CT molecular complexity index is 306. The van der Waals surface area contributed by atoms with Crippen LogP contribution in [0.4, 0.5) is 4.79 Å². The minimum absolute atomic E-state index is 0.0323. The lowest BCUT2D eigenvalue weighted by molar-refractivity contribution is -0.137. The standard InChI is InChI=1S/C12H20N2O4/c1-2-8-18-12(17)13-10-4-3-6-14(9-10)7-5-11(15)16/h2,10H,1,3-9H2,(H,13,17)(H,15,16). The lowest BCUT2D eigenvalue weighted by Crippen LogP contribution is -2.48. The average Bonchev–Trinajstić information content (AvgIpc) is 2.34. The molecular weight excluding hydrogens is 236 g/mol. The van der Waals surface area contributed by atoms with Gasteiger partial charge in [-0.1, -0.05) is 12.7 Å². The first-order chi connectivity index (χ1) is 8.61. The number of rotatable bonds is 6. The number of amides is 1. The minimum atomic E-state index is -0.796. The fraction of sp³-hybridized carbons (Fsp3) is 0.667. The number of hydrogen-bond donors (Lipinski definition) is 2. The van der Waals surface area contributed by atoms with E-state index in [1.165, 1.54) is 6.08 Å². The van der Waals surface area contributed by atoms with Crippen molar-refractivity contribution >= 4 is 12.1 Å². The summed E-state index contributed by atoms with van der Waals surface area (Å²) in [5, 5.41) is 11.4. The quantitative estimate of drug-likeness (QED) is 0.688. The van der Waals surface area contributed by atoms with E-state index in [0.29, 0.717) is 13.1 Å². The predicted molar refractivity (Wildman–Crippen MR) is 66.4 cm³/mol. The van der Waals surface area contributed by atoms with Crippen molar-refractivity contribution in [2.45, 2.75) is 25.3 Å². The summed E-state index contributed by atoms with van der Waals surface area (Å²) in [5.41, 5.74) is 0. The molecule has 0 bridgehead atoms. The summed E-state index contributed by atoms with van der Waals surface area (Å²) in [5.74, 6) is -0.796. The second-order valence-corrected chi connectivity index (χ2v) is 4.31. The van der Waals surface area contributed by atoms with Gasteiger partial charge in [0.2, 0.25) is 0 Å². The van der Waals surface area contributed by atoms with Gasteiger partial charge in [-0.15, -0.1) is 0 Å². The zero-order valence-corrected chi connectivity index (χ0v) is 10.4. The molecule has 102 valence electrons. The second-order valence-electron chi connectivity index (χ2n) is 4.31. The van der Waals surface area contributed by atoms with E-state index >= 15 is 0 Å². The van der Waals surface area contributed by atoms with Gasteiger partial charge in [-0.25, -0.2) is 4.79 Å². The number of hydrogen-bond acceptors (Lipinski definition) is 4. The van der Waals surface area contributed by atoms with E-state index in [4.69, 9.17) is 9.84 Å². The number of nitrogens with one attached hydrogen (secondary N) is 1. The molecule has 1 aliphatic rings. The molecule has 0 aromatic rings. The molecule has 2 N–H and O–H groups in total. The Kier molecular flexibility index (Phi) is 6.21. The molecule has 0 aromatic heterocycles. The first-order valence-corrected chi connectivity index (χ1v) is 6.10. The van der Waals surface area contributed by atoms with E-state index in [-0.39, 0.29) is 19.1 Å². The van der Waals surface area contributed by atoms with Crippen molar-refractivity contribution in [2.24, 2.45) is 0 Å². The van der Waals surface area contributed by atoms with Gasteiger partial charge in [-0.2, -0.15) is 0 Å². The maximum absolute atomic E-state index is 11.3. The van der Waals surface area contributed by atoms with Crippen LogP contribution in [0.25, 0.3) is 0 Å². The zero-order chi connectivity index (χ0) is 13.4. The Labute approximate surface area is 107 Å². The monoisotopic (exact) mass is 256 g/mol. The van der Waals surface area contributed by atoms with E-state index < -0.39 is 12.1 Å². The van der Waals surface area contributed by atoms with Crippen LogP contribution in [0.15, 0.2) is 12.7 Å². The zero-order valence-electron chi connectivity index (χ0n) is 10.4. The van der Waals surface area contributed by atoms with Crippen LogP contribution in [0, 0.1) is 0 Å². The molecule has 1 atom stereocenters. The number of ether oxygens (including phenoxy) is 1. The largest absolute Gasteiger partial charge is 0.481 e. The molecule has 6 nitrogen and oxygen atoms in total. The van der Waals surface area contributed by atoms with Crippen molar-refractivity contribution in [2.75, 3.05) is 26.2 Å². The number of piperidine rings is 1. The molecule has 1 amide bonds. The number of carbonyl (C=O) groups is 2. The van der Waals surface area contributed by atoms with Crippen LogP contribution < -0.4 is 5.32 Å². The number of carboxylic acid groups (broad SMARTS) is 1. The molecule has 1 rings (SSSR count). The normalized spacial score (nSPS) is 20.1. The fourth-order valence-electron chi connectivity index (χ4n) is 1.97. The number of carboxylic acids is 1. The third-order valence-corrected chi connectivity index (χ3v) is 2.80. The Morgan fingerprint density at radius 2 is 2.33 bits per heavy atom. The van der Waals surface area contributed by atoms with Gasteiger partial charge in [0.05, 0.1) is 6.42 Å². The summed E-state index contributed by atoms with van der Waals surface area (Å²) < 4.78 is 4.85. The molecule has 0 radical (unpaired) electrons. The van der Waals surface area contributed by atoms with E-state index in [1.807, 2.05) is 0 Å². The van der Waals surface area contributed by atoms with Crippen LogP contribution in [-0.2, 0) is 9.53 Å². The topological polar surface area (TPSA) is 78.9 Å². The number of likely N-dealkylation sites (tertiary alicyclic amines) is 1. The maximum Gasteiger partial charge on any atom is 0.407 e. The van der Waals surface area contributed by atoms with Gasteiger partial charge in [0.25, 0.3) is 0 Å². The van der Waals surface area contributed by atoms with Crippen LogP contribution in [0.5, 0.6) is 0 Å².